The highest BCUT2D eigenvalue weighted by Crippen LogP contribution is 2.17. The second-order valence-corrected chi connectivity index (χ2v) is 4.49. The highest BCUT2D eigenvalue weighted by Gasteiger charge is 2.01. The van der Waals surface area contributed by atoms with E-state index in [2.05, 4.69) is 25.1 Å². The van der Waals surface area contributed by atoms with Gasteiger partial charge in [0.05, 0.1) is 5.56 Å². The van der Waals surface area contributed by atoms with Crippen molar-refractivity contribution in [2.75, 3.05) is 0 Å². The van der Waals surface area contributed by atoms with Gasteiger partial charge in [0, 0.05) is 0 Å². The Labute approximate surface area is 113 Å². The number of hydrogen-bond donors (Lipinski definition) is 1. The predicted octanol–water partition coefficient (Wildman–Crippen LogP) is 4.20. The van der Waals surface area contributed by atoms with Gasteiger partial charge >= 0.3 is 5.97 Å². The molecule has 1 N–H and O–H groups in total. The van der Waals surface area contributed by atoms with Gasteiger partial charge in [0.1, 0.15) is 0 Å². The van der Waals surface area contributed by atoms with Crippen molar-refractivity contribution in [1.29, 1.82) is 0 Å². The van der Waals surface area contributed by atoms with E-state index in [0.717, 1.165) is 5.56 Å². The van der Waals surface area contributed by atoms with E-state index in [1.54, 1.807) is 12.1 Å². The Morgan fingerprint density at radius 2 is 1.68 bits per heavy atom. The van der Waals surface area contributed by atoms with Crippen molar-refractivity contribution in [3.05, 3.63) is 77.4 Å². The lowest BCUT2D eigenvalue weighted by Crippen LogP contribution is -1.94. The minimum Gasteiger partial charge on any atom is -0.478 e. The van der Waals surface area contributed by atoms with Crippen LogP contribution >= 0.6 is 0 Å². The van der Waals surface area contributed by atoms with Gasteiger partial charge in [-0.25, -0.2) is 4.79 Å². The molecule has 0 aliphatic rings. The van der Waals surface area contributed by atoms with Crippen LogP contribution in [-0.2, 0) is 0 Å². The SMILES string of the molecule is CC(/C=C/c1ccc(C(=O)O)cc1)c1ccccc1. The largest absolute Gasteiger partial charge is 0.478 e. The number of aromatic carboxylic acids is 1. The lowest BCUT2D eigenvalue weighted by atomic mass is 10.00. The first-order chi connectivity index (χ1) is 9.16. The summed E-state index contributed by atoms with van der Waals surface area (Å²) in [6.07, 6.45) is 4.13. The first-order valence-electron chi connectivity index (χ1n) is 6.23. The molecule has 0 fully saturated rings. The molecule has 0 aromatic heterocycles. The van der Waals surface area contributed by atoms with Gasteiger partial charge in [0.25, 0.3) is 0 Å². The first-order valence-corrected chi connectivity index (χ1v) is 6.23. The summed E-state index contributed by atoms with van der Waals surface area (Å²) in [5.41, 5.74) is 2.59. The van der Waals surface area contributed by atoms with Crippen LogP contribution in [0.2, 0.25) is 0 Å². The highest BCUT2D eigenvalue weighted by atomic mass is 16.4. The summed E-state index contributed by atoms with van der Waals surface area (Å²) in [4.78, 5) is 10.7. The molecule has 96 valence electrons. The van der Waals surface area contributed by atoms with Crippen molar-refractivity contribution < 1.29 is 9.90 Å². The lowest BCUT2D eigenvalue weighted by molar-refractivity contribution is 0.0697. The zero-order valence-corrected chi connectivity index (χ0v) is 10.8. The smallest absolute Gasteiger partial charge is 0.335 e. The molecule has 0 bridgehead atoms. The molecule has 2 heteroatoms. The molecule has 0 saturated carbocycles. The molecular formula is C17H16O2. The fourth-order valence-electron chi connectivity index (χ4n) is 1.86. The van der Waals surface area contributed by atoms with E-state index >= 15 is 0 Å². The number of carboxylic acids is 1. The van der Waals surface area contributed by atoms with Crippen LogP contribution in [0.3, 0.4) is 0 Å². The van der Waals surface area contributed by atoms with E-state index in [0.29, 0.717) is 11.5 Å². The summed E-state index contributed by atoms with van der Waals surface area (Å²) in [6, 6.07) is 17.1. The fourth-order valence-corrected chi connectivity index (χ4v) is 1.86. The number of carboxylic acid groups (broad SMARTS) is 1. The lowest BCUT2D eigenvalue weighted by Gasteiger charge is -2.05. The molecular weight excluding hydrogens is 236 g/mol. The predicted molar refractivity (Wildman–Crippen MR) is 77.3 cm³/mol. The molecule has 0 aliphatic carbocycles. The summed E-state index contributed by atoms with van der Waals surface area (Å²) in [5, 5.41) is 8.82. The van der Waals surface area contributed by atoms with Crippen molar-refractivity contribution in [2.24, 2.45) is 0 Å². The number of allylic oxidation sites excluding steroid dienone is 1. The third-order valence-electron chi connectivity index (χ3n) is 3.06. The van der Waals surface area contributed by atoms with Gasteiger partial charge in [-0.2, -0.15) is 0 Å². The van der Waals surface area contributed by atoms with E-state index < -0.39 is 5.97 Å². The minimum atomic E-state index is -0.895. The normalized spacial score (nSPS) is 12.5. The average Bonchev–Trinajstić information content (AvgIpc) is 2.46. The zero-order valence-electron chi connectivity index (χ0n) is 10.8. The quantitative estimate of drug-likeness (QED) is 0.885. The summed E-state index contributed by atoms with van der Waals surface area (Å²) in [6.45, 7) is 2.14. The minimum absolute atomic E-state index is 0.313. The van der Waals surface area contributed by atoms with Gasteiger partial charge in [-0.15, -0.1) is 0 Å². The maximum absolute atomic E-state index is 10.7. The molecule has 1 unspecified atom stereocenters. The van der Waals surface area contributed by atoms with Crippen LogP contribution in [0.25, 0.3) is 6.08 Å². The second kappa shape index (κ2) is 6.01. The fraction of sp³-hybridized carbons (Fsp3) is 0.118. The molecule has 0 saturated heterocycles. The van der Waals surface area contributed by atoms with Crippen molar-refractivity contribution in [3.63, 3.8) is 0 Å². The Kier molecular flexibility index (Phi) is 4.14. The Hall–Kier alpha value is -2.35. The molecule has 2 rings (SSSR count). The van der Waals surface area contributed by atoms with E-state index in [9.17, 15) is 4.79 Å². The van der Waals surface area contributed by atoms with Crippen molar-refractivity contribution >= 4 is 12.0 Å². The summed E-state index contributed by atoms with van der Waals surface area (Å²) in [5.74, 6) is -0.562. The Morgan fingerprint density at radius 1 is 1.05 bits per heavy atom. The van der Waals surface area contributed by atoms with E-state index in [1.807, 2.05) is 36.4 Å². The van der Waals surface area contributed by atoms with Crippen LogP contribution in [0.4, 0.5) is 0 Å². The average molecular weight is 252 g/mol. The summed E-state index contributed by atoms with van der Waals surface area (Å²) >= 11 is 0. The van der Waals surface area contributed by atoms with Gasteiger partial charge in [-0.3, -0.25) is 0 Å². The molecule has 0 heterocycles. The highest BCUT2D eigenvalue weighted by molar-refractivity contribution is 5.87. The van der Waals surface area contributed by atoms with Crippen molar-refractivity contribution in [3.8, 4) is 0 Å². The third-order valence-corrected chi connectivity index (χ3v) is 3.06. The van der Waals surface area contributed by atoms with Crippen LogP contribution in [-0.4, -0.2) is 11.1 Å². The number of benzene rings is 2. The van der Waals surface area contributed by atoms with Crippen molar-refractivity contribution in [1.82, 2.24) is 0 Å². The molecule has 2 aromatic carbocycles. The third kappa shape index (κ3) is 3.55. The molecule has 0 spiro atoms. The summed E-state index contributed by atoms with van der Waals surface area (Å²) < 4.78 is 0. The van der Waals surface area contributed by atoms with Crippen molar-refractivity contribution in [2.45, 2.75) is 12.8 Å². The molecule has 19 heavy (non-hydrogen) atoms. The monoisotopic (exact) mass is 252 g/mol. The Bertz CT molecular complexity index is 568. The van der Waals surface area contributed by atoms with Gasteiger partial charge in [0.2, 0.25) is 0 Å². The zero-order chi connectivity index (χ0) is 13.7. The number of carbonyl (C=O) groups is 1. The molecule has 2 nitrogen and oxygen atoms in total. The van der Waals surface area contributed by atoms with Gasteiger partial charge in [-0.05, 0) is 29.2 Å². The van der Waals surface area contributed by atoms with Crippen LogP contribution in [0.1, 0.15) is 34.3 Å². The van der Waals surface area contributed by atoms with E-state index in [1.165, 1.54) is 5.56 Å². The standard InChI is InChI=1S/C17H16O2/c1-13(15-5-3-2-4-6-15)7-8-14-9-11-16(12-10-14)17(18)19/h2-13H,1H3,(H,18,19)/b8-7+. The Morgan fingerprint density at radius 3 is 2.26 bits per heavy atom. The number of rotatable bonds is 4. The first kappa shape index (κ1) is 13.1. The Balaban J connectivity index is 2.08. The molecule has 1 atom stereocenters. The maximum atomic E-state index is 10.7. The molecule has 2 aromatic rings. The van der Waals surface area contributed by atoms with E-state index in [4.69, 9.17) is 5.11 Å². The summed E-state index contributed by atoms with van der Waals surface area (Å²) in [7, 11) is 0. The van der Waals surface area contributed by atoms with Crippen LogP contribution < -0.4 is 0 Å². The topological polar surface area (TPSA) is 37.3 Å². The van der Waals surface area contributed by atoms with Crippen LogP contribution in [0.5, 0.6) is 0 Å². The number of hydrogen-bond acceptors (Lipinski definition) is 1. The molecule has 0 amide bonds. The van der Waals surface area contributed by atoms with Gasteiger partial charge in [-0.1, -0.05) is 61.5 Å². The van der Waals surface area contributed by atoms with Gasteiger partial charge in [0.15, 0.2) is 0 Å². The second-order valence-electron chi connectivity index (χ2n) is 4.49. The van der Waals surface area contributed by atoms with Crippen LogP contribution in [0.15, 0.2) is 60.7 Å². The van der Waals surface area contributed by atoms with E-state index in [-0.39, 0.29) is 0 Å². The van der Waals surface area contributed by atoms with Gasteiger partial charge < -0.3 is 5.11 Å². The molecule has 0 radical (unpaired) electrons. The molecule has 0 aliphatic heterocycles. The maximum Gasteiger partial charge on any atom is 0.335 e. The van der Waals surface area contributed by atoms with Crippen LogP contribution in [0, 0.1) is 0 Å².